The molecule has 0 saturated carbocycles. The Balaban J connectivity index is 0.000000281. The van der Waals surface area contributed by atoms with E-state index in [1.807, 2.05) is 28.7 Å². The summed E-state index contributed by atoms with van der Waals surface area (Å²) < 4.78 is 168. The molecule has 0 bridgehead atoms. The van der Waals surface area contributed by atoms with Gasteiger partial charge in [0.15, 0.2) is 13.2 Å². The van der Waals surface area contributed by atoms with Crippen LogP contribution in [0.3, 0.4) is 0 Å². The number of hydrogen-bond donors (Lipinski definition) is 0. The second-order valence-electron chi connectivity index (χ2n) is 24.7. The Labute approximate surface area is 560 Å². The molecular formula is C64H85F6I2N2O17P. The highest BCUT2D eigenvalue weighted by molar-refractivity contribution is 14.1. The summed E-state index contributed by atoms with van der Waals surface area (Å²) in [5, 5.41) is 0. The number of halogens is 8. The molecule has 0 spiro atoms. The number of alkyl halides is 6. The van der Waals surface area contributed by atoms with Crippen molar-refractivity contribution in [2.24, 2.45) is 23.7 Å². The summed E-state index contributed by atoms with van der Waals surface area (Å²) in [7, 11) is -5.23. The summed E-state index contributed by atoms with van der Waals surface area (Å²) in [6.45, 7) is 16.7. The van der Waals surface area contributed by atoms with Crippen molar-refractivity contribution in [3.8, 4) is 0 Å². The third kappa shape index (κ3) is 23.7. The largest absolute Gasteiger partial charge is 0.461 e. The van der Waals surface area contributed by atoms with Crippen LogP contribution in [0, 0.1) is 23.7 Å². The summed E-state index contributed by atoms with van der Waals surface area (Å²) in [5.74, 6) is -0.636. The summed E-state index contributed by atoms with van der Waals surface area (Å²) in [6, 6.07) is 0. The molecule has 2 aromatic rings. The number of rotatable bonds is 25. The molecule has 6 fully saturated rings. The molecule has 0 N–H and O–H groups in total. The molecule has 17 atom stereocenters. The van der Waals surface area contributed by atoms with Crippen molar-refractivity contribution in [3.05, 3.63) is 91.5 Å². The number of esters is 1. The van der Waals surface area contributed by atoms with Crippen LogP contribution < -0.4 is 0 Å². The van der Waals surface area contributed by atoms with E-state index < -0.39 is 88.0 Å². The van der Waals surface area contributed by atoms with Gasteiger partial charge >= 0.3 is 25.9 Å². The molecule has 8 rings (SSSR count). The predicted octanol–water partition coefficient (Wildman–Crippen LogP) is 15.3. The van der Waals surface area contributed by atoms with Gasteiger partial charge in [-0.3, -0.25) is 18.4 Å². The topological polar surface area (TPSA) is 222 Å². The fourth-order valence-corrected chi connectivity index (χ4v) is 14.4. The van der Waals surface area contributed by atoms with E-state index in [2.05, 4.69) is 85.7 Å². The van der Waals surface area contributed by atoms with Crippen LogP contribution in [0.1, 0.15) is 161 Å². The van der Waals surface area contributed by atoms with Gasteiger partial charge in [0.2, 0.25) is 24.4 Å². The Morgan fingerprint density at radius 3 is 1.55 bits per heavy atom. The van der Waals surface area contributed by atoms with Crippen LogP contribution >= 0.6 is 52.8 Å². The second-order valence-corrected chi connectivity index (χ2v) is 28.0. The Morgan fingerprint density at radius 1 is 0.630 bits per heavy atom. The van der Waals surface area contributed by atoms with E-state index in [1.54, 1.807) is 43.3 Å². The van der Waals surface area contributed by atoms with E-state index in [4.69, 9.17) is 51.5 Å². The van der Waals surface area contributed by atoms with E-state index in [9.17, 15) is 45.3 Å². The molecule has 6 aliphatic rings. The Hall–Kier alpha value is -3.46. The molecular weight excluding hydrogens is 1470 g/mol. The SMILES string of the molecule is C=C1C[C@H](C[C@@H]2CCO[C@H](c3coc(/C=C/C[C@H]4O[C@@H](/C(C)=C/I)[C@H](C)C[C@H]4C)n3)O2)O[C@@H](CC=O)C1.C=C1C[C@H](C[C@@H]2CCO[C@H](c3coc(/C=C/C[C@H]4O[C@@H](/C(C)=C/I)[C@H](C)[C@@H](OC(=O)CP(=O)(OCC(F)(F)F)OCC(F)(F)F)[C@H]4C)n3)O2)O[C@@H](CC=O)C1. The lowest BCUT2D eigenvalue weighted by Crippen LogP contribution is -2.51. The predicted molar refractivity (Wildman–Crippen MR) is 342 cm³/mol. The van der Waals surface area contributed by atoms with Gasteiger partial charge in [0.1, 0.15) is 48.8 Å². The maximum Gasteiger partial charge on any atom is 0.412 e. The fourth-order valence-electron chi connectivity index (χ4n) is 12.4. The zero-order valence-corrected chi connectivity index (χ0v) is 57.7. The first-order valence-corrected chi connectivity index (χ1v) is 35.2. The van der Waals surface area contributed by atoms with Crippen molar-refractivity contribution in [1.29, 1.82) is 0 Å². The number of carbonyl (C=O) groups excluding carboxylic acids is 3. The standard InChI is InChI=1S/C35H45F6INO11P.C29H40INO6/c1-20-12-24(8-10-44)51-26(13-20)14-25-9-11-47-33(52-25)27-16-48-29(43-27)7-5-6-28-22(3)32(23(4)31(53-28)21(2)15-42)54-30(45)17-55(46,49-18-34(36,37)38)50-19-35(39,40)41;1-18-12-22(8-10-32)35-24(13-18)15-23-9-11-33-29(36-23)25-17-34-27(31-25)7-5-6-26-19(2)14-20(3)28(37-26)21(4)16-30/h5,7,10,15-16,22-26,28,31-33H,1,6,8-9,11-14,17-19H2,2-4H3;5,7,10,16-17,19-20,22-24,26,28-29H,1,6,8-9,11-15H2,2-4H3/b7-5+,21-15+;7-5+,21-16+/t22-,23-,24-,25-,26+,28+,31-,32-,33-;19-,20-,22+,23+,24-,26-,28-,29+/m01/s1. The van der Waals surface area contributed by atoms with E-state index >= 15 is 0 Å². The van der Waals surface area contributed by atoms with Gasteiger partial charge in [-0.05, 0) is 115 Å². The fraction of sp³-hybridized carbons (Fsp3) is 0.672. The molecule has 2 aromatic heterocycles. The van der Waals surface area contributed by atoms with Crippen LogP contribution in [0.2, 0.25) is 0 Å². The van der Waals surface area contributed by atoms with Crippen LogP contribution in [0.4, 0.5) is 26.3 Å². The van der Waals surface area contributed by atoms with Gasteiger partial charge in [-0.2, -0.15) is 26.3 Å². The third-order valence-electron chi connectivity index (χ3n) is 16.8. The molecule has 0 aromatic carbocycles. The maximum atomic E-state index is 13.0. The minimum atomic E-state index is -5.23. The summed E-state index contributed by atoms with van der Waals surface area (Å²) in [4.78, 5) is 44.0. The van der Waals surface area contributed by atoms with E-state index in [0.29, 0.717) is 80.9 Å². The highest BCUT2D eigenvalue weighted by Gasteiger charge is 2.46. The number of carbonyl (C=O) groups is 3. The minimum Gasteiger partial charge on any atom is -0.461 e. The quantitative estimate of drug-likeness (QED) is 0.0225. The van der Waals surface area contributed by atoms with Crippen molar-refractivity contribution in [3.63, 3.8) is 0 Å². The number of ether oxygens (including phenoxy) is 9. The first-order chi connectivity index (χ1) is 43.6. The molecule has 6 aliphatic heterocycles. The van der Waals surface area contributed by atoms with Crippen LogP contribution in [0.15, 0.2) is 77.1 Å². The number of aldehydes is 2. The van der Waals surface area contributed by atoms with Crippen molar-refractivity contribution in [2.45, 2.75) is 217 Å². The number of oxazole rings is 2. The first-order valence-electron chi connectivity index (χ1n) is 31.0. The van der Waals surface area contributed by atoms with E-state index in [-0.39, 0.29) is 61.1 Å². The molecule has 0 unspecified atom stereocenters. The number of hydrogen-bond acceptors (Lipinski definition) is 19. The highest BCUT2D eigenvalue weighted by atomic mass is 127. The van der Waals surface area contributed by atoms with Crippen LogP contribution in [0.25, 0.3) is 12.2 Å². The number of aromatic nitrogens is 2. The highest BCUT2D eigenvalue weighted by Crippen LogP contribution is 2.51. The molecule has 514 valence electrons. The van der Waals surface area contributed by atoms with Gasteiger partial charge in [-0.15, -0.1) is 0 Å². The van der Waals surface area contributed by atoms with Gasteiger partial charge < -0.3 is 61.1 Å². The normalized spacial score (nSPS) is 32.3. The zero-order chi connectivity index (χ0) is 66.9. The van der Waals surface area contributed by atoms with Crippen LogP contribution in [-0.2, 0) is 70.6 Å². The molecule has 0 aliphatic carbocycles. The molecule has 0 amide bonds. The van der Waals surface area contributed by atoms with Crippen molar-refractivity contribution >= 4 is 83.5 Å². The van der Waals surface area contributed by atoms with Gasteiger partial charge in [-0.1, -0.05) is 109 Å². The molecule has 19 nitrogen and oxygen atoms in total. The maximum absolute atomic E-state index is 13.0. The van der Waals surface area contributed by atoms with Gasteiger partial charge in [0.25, 0.3) is 0 Å². The molecule has 8 heterocycles. The second kappa shape index (κ2) is 35.7. The summed E-state index contributed by atoms with van der Waals surface area (Å²) in [6.07, 6.45) is 5.41. The Morgan fingerprint density at radius 2 is 1.09 bits per heavy atom. The Kier molecular flexibility index (Phi) is 29.4. The molecule has 28 heteroatoms. The number of nitrogens with zero attached hydrogens (tertiary/aromatic N) is 2. The lowest BCUT2D eigenvalue weighted by Gasteiger charge is -2.44. The van der Waals surface area contributed by atoms with Crippen molar-refractivity contribution in [2.75, 3.05) is 32.6 Å². The smallest absolute Gasteiger partial charge is 0.412 e. The molecule has 92 heavy (non-hydrogen) atoms. The first kappa shape index (κ1) is 75.9. The lowest BCUT2D eigenvalue weighted by atomic mass is 9.80. The average Bonchev–Trinajstić information content (AvgIpc) is 1.28. The van der Waals surface area contributed by atoms with Gasteiger partial charge in [-0.25, -0.2) is 9.97 Å². The van der Waals surface area contributed by atoms with Gasteiger partial charge in [0.05, 0.1) is 74.3 Å². The lowest BCUT2D eigenvalue weighted by molar-refractivity contribution is -0.227. The third-order valence-corrected chi connectivity index (χ3v) is 20.5. The van der Waals surface area contributed by atoms with E-state index in [0.717, 1.165) is 67.8 Å². The summed E-state index contributed by atoms with van der Waals surface area (Å²) in [5.41, 5.74) is 5.28. The minimum absolute atomic E-state index is 0.00823. The van der Waals surface area contributed by atoms with Crippen molar-refractivity contribution < 1.29 is 106 Å². The van der Waals surface area contributed by atoms with E-state index in [1.165, 1.54) is 11.8 Å². The van der Waals surface area contributed by atoms with Gasteiger partial charge in [0, 0.05) is 37.5 Å². The van der Waals surface area contributed by atoms with Crippen molar-refractivity contribution in [1.82, 2.24) is 9.97 Å². The van der Waals surface area contributed by atoms with Crippen LogP contribution in [-0.4, -0.2) is 141 Å². The zero-order valence-electron chi connectivity index (χ0n) is 52.5. The summed E-state index contributed by atoms with van der Waals surface area (Å²) >= 11 is 4.31. The van der Waals surface area contributed by atoms with Crippen LogP contribution in [0.5, 0.6) is 0 Å². The Bertz CT molecular complexity index is 2900. The average molecular weight is 1550 g/mol. The molecule has 6 saturated heterocycles. The molecule has 0 radical (unpaired) electrons. The monoisotopic (exact) mass is 1550 g/mol.